The van der Waals surface area contributed by atoms with Crippen LogP contribution in [0.1, 0.15) is 12.0 Å². The van der Waals surface area contributed by atoms with Crippen LogP contribution in [0.4, 0.5) is 0 Å². The molecule has 0 aliphatic carbocycles. The fourth-order valence-electron chi connectivity index (χ4n) is 2.05. The van der Waals surface area contributed by atoms with E-state index >= 15 is 0 Å². The zero-order chi connectivity index (χ0) is 13.9. The summed E-state index contributed by atoms with van der Waals surface area (Å²) >= 11 is 5.77. The first-order valence-corrected chi connectivity index (χ1v) is 8.03. The van der Waals surface area contributed by atoms with Gasteiger partial charge in [-0.15, -0.1) is 0 Å². The minimum atomic E-state index is -3.35. The van der Waals surface area contributed by atoms with E-state index in [1.807, 2.05) is 0 Å². The second-order valence-electron chi connectivity index (χ2n) is 4.65. The molecule has 0 aromatic heterocycles. The van der Waals surface area contributed by atoms with E-state index in [1.165, 1.54) is 9.71 Å². The summed E-state index contributed by atoms with van der Waals surface area (Å²) in [4.78, 5) is 0. The molecule has 4 nitrogen and oxygen atoms in total. The van der Waals surface area contributed by atoms with E-state index in [0.717, 1.165) is 12.0 Å². The molecule has 1 fully saturated rings. The van der Waals surface area contributed by atoms with Gasteiger partial charge in [0, 0.05) is 23.5 Å². The molecule has 1 atom stereocenters. The van der Waals surface area contributed by atoms with Crippen molar-refractivity contribution in [1.82, 2.24) is 4.31 Å². The van der Waals surface area contributed by atoms with Crippen LogP contribution in [0.2, 0.25) is 5.02 Å². The number of benzene rings is 1. The van der Waals surface area contributed by atoms with Gasteiger partial charge in [-0.3, -0.25) is 0 Å². The Balaban J connectivity index is 2.07. The Morgan fingerprint density at radius 1 is 1.37 bits per heavy atom. The molecule has 0 spiro atoms. The molecule has 2 N–H and O–H groups in total. The lowest BCUT2D eigenvalue weighted by atomic mass is 10.1. The van der Waals surface area contributed by atoms with Crippen LogP contribution in [-0.2, 0) is 10.0 Å². The van der Waals surface area contributed by atoms with Crippen LogP contribution in [-0.4, -0.2) is 32.4 Å². The maximum atomic E-state index is 12.1. The van der Waals surface area contributed by atoms with Gasteiger partial charge in [-0.25, -0.2) is 8.42 Å². The molecule has 1 aliphatic rings. The molecule has 2 rings (SSSR count). The lowest BCUT2D eigenvalue weighted by Crippen LogP contribution is -2.28. The van der Waals surface area contributed by atoms with Gasteiger partial charge in [0.1, 0.15) is 0 Å². The summed E-state index contributed by atoms with van der Waals surface area (Å²) in [5.41, 5.74) is 6.37. The van der Waals surface area contributed by atoms with Crippen LogP contribution < -0.4 is 5.73 Å². The average Bonchev–Trinajstić information content (AvgIpc) is 2.88. The molecule has 104 valence electrons. The van der Waals surface area contributed by atoms with Gasteiger partial charge in [-0.2, -0.15) is 4.31 Å². The molecule has 1 aromatic rings. The lowest BCUT2D eigenvalue weighted by molar-refractivity contribution is 0.466. The molecule has 0 amide bonds. The molecule has 1 heterocycles. The van der Waals surface area contributed by atoms with Gasteiger partial charge < -0.3 is 5.73 Å². The van der Waals surface area contributed by atoms with E-state index < -0.39 is 10.0 Å². The Morgan fingerprint density at radius 3 is 2.63 bits per heavy atom. The largest absolute Gasteiger partial charge is 0.330 e. The second kappa shape index (κ2) is 6.05. The summed E-state index contributed by atoms with van der Waals surface area (Å²) < 4.78 is 25.7. The Hall–Kier alpha value is -0.880. The summed E-state index contributed by atoms with van der Waals surface area (Å²) in [5.74, 6) is 0.277. The van der Waals surface area contributed by atoms with Crippen molar-refractivity contribution in [3.63, 3.8) is 0 Å². The number of halogens is 1. The molecular weight excluding hydrogens is 284 g/mol. The third kappa shape index (κ3) is 3.79. The predicted octanol–water partition coefficient (Wildman–Crippen LogP) is 1.92. The van der Waals surface area contributed by atoms with Crippen LogP contribution in [0.5, 0.6) is 0 Å². The fourth-order valence-corrected chi connectivity index (χ4v) is 3.45. The van der Waals surface area contributed by atoms with Crippen LogP contribution >= 0.6 is 11.6 Å². The van der Waals surface area contributed by atoms with Crippen molar-refractivity contribution >= 4 is 27.7 Å². The van der Waals surface area contributed by atoms with E-state index in [2.05, 4.69) is 0 Å². The SMILES string of the molecule is NCC1CCN(S(=O)(=O)C=Cc2ccc(Cl)cc2)C1. The highest BCUT2D eigenvalue weighted by Crippen LogP contribution is 2.20. The Morgan fingerprint density at radius 2 is 2.05 bits per heavy atom. The quantitative estimate of drug-likeness (QED) is 0.924. The monoisotopic (exact) mass is 300 g/mol. The molecule has 1 aromatic carbocycles. The van der Waals surface area contributed by atoms with E-state index in [4.69, 9.17) is 17.3 Å². The van der Waals surface area contributed by atoms with E-state index in [-0.39, 0.29) is 5.92 Å². The van der Waals surface area contributed by atoms with E-state index in [1.54, 1.807) is 30.3 Å². The summed E-state index contributed by atoms with van der Waals surface area (Å²) in [5, 5.41) is 1.88. The highest BCUT2D eigenvalue weighted by atomic mass is 35.5. The van der Waals surface area contributed by atoms with Crippen molar-refractivity contribution in [3.05, 3.63) is 40.3 Å². The third-order valence-corrected chi connectivity index (χ3v) is 5.03. The van der Waals surface area contributed by atoms with Crippen LogP contribution in [0.15, 0.2) is 29.7 Å². The molecule has 1 saturated heterocycles. The summed E-state index contributed by atoms with van der Waals surface area (Å²) in [6, 6.07) is 7.02. The molecule has 19 heavy (non-hydrogen) atoms. The molecule has 6 heteroatoms. The van der Waals surface area contributed by atoms with Crippen molar-refractivity contribution in [3.8, 4) is 0 Å². The maximum absolute atomic E-state index is 12.1. The number of hydrogen-bond donors (Lipinski definition) is 1. The summed E-state index contributed by atoms with van der Waals surface area (Å²) in [7, 11) is -3.35. The zero-order valence-electron chi connectivity index (χ0n) is 10.5. The number of nitrogens with two attached hydrogens (primary N) is 1. The normalized spacial score (nSPS) is 21.3. The van der Waals surface area contributed by atoms with Gasteiger partial charge in [0.2, 0.25) is 10.0 Å². The predicted molar refractivity (Wildman–Crippen MR) is 78.1 cm³/mol. The third-order valence-electron chi connectivity index (χ3n) is 3.24. The second-order valence-corrected chi connectivity index (χ2v) is 6.90. The first-order valence-electron chi connectivity index (χ1n) is 6.15. The molecular formula is C13H17ClN2O2S. The van der Waals surface area contributed by atoms with Crippen molar-refractivity contribution in [2.45, 2.75) is 6.42 Å². The van der Waals surface area contributed by atoms with Crippen molar-refractivity contribution in [2.24, 2.45) is 11.7 Å². The van der Waals surface area contributed by atoms with Gasteiger partial charge in [-0.1, -0.05) is 23.7 Å². The van der Waals surface area contributed by atoms with Crippen LogP contribution in [0.25, 0.3) is 6.08 Å². The topological polar surface area (TPSA) is 63.4 Å². The van der Waals surface area contributed by atoms with Gasteiger partial charge >= 0.3 is 0 Å². The molecule has 0 radical (unpaired) electrons. The number of sulfonamides is 1. The first-order chi connectivity index (χ1) is 9.01. The highest BCUT2D eigenvalue weighted by molar-refractivity contribution is 7.92. The smallest absolute Gasteiger partial charge is 0.236 e. The Bertz CT molecular complexity index is 555. The summed E-state index contributed by atoms with van der Waals surface area (Å²) in [6.07, 6.45) is 2.42. The lowest BCUT2D eigenvalue weighted by Gasteiger charge is -2.13. The number of nitrogens with zero attached hydrogens (tertiary/aromatic N) is 1. The van der Waals surface area contributed by atoms with Crippen molar-refractivity contribution < 1.29 is 8.42 Å². The summed E-state index contributed by atoms with van der Waals surface area (Å²) in [6.45, 7) is 1.60. The number of hydrogen-bond acceptors (Lipinski definition) is 3. The Kier molecular flexibility index (Phi) is 4.62. The van der Waals surface area contributed by atoms with Crippen LogP contribution in [0.3, 0.4) is 0 Å². The minimum absolute atomic E-state index is 0.277. The highest BCUT2D eigenvalue weighted by Gasteiger charge is 2.28. The zero-order valence-corrected chi connectivity index (χ0v) is 12.1. The van der Waals surface area contributed by atoms with Gasteiger partial charge in [0.05, 0.1) is 0 Å². The maximum Gasteiger partial charge on any atom is 0.236 e. The average molecular weight is 301 g/mol. The van der Waals surface area contributed by atoms with E-state index in [9.17, 15) is 8.42 Å². The van der Waals surface area contributed by atoms with Crippen molar-refractivity contribution in [2.75, 3.05) is 19.6 Å². The van der Waals surface area contributed by atoms with Crippen LogP contribution in [0, 0.1) is 5.92 Å². The van der Waals surface area contributed by atoms with Gasteiger partial charge in [-0.05, 0) is 42.7 Å². The van der Waals surface area contributed by atoms with Gasteiger partial charge in [0.25, 0.3) is 0 Å². The number of rotatable bonds is 4. The van der Waals surface area contributed by atoms with Gasteiger partial charge in [0.15, 0.2) is 0 Å². The molecule has 0 saturated carbocycles. The van der Waals surface area contributed by atoms with E-state index in [0.29, 0.717) is 24.7 Å². The first kappa shape index (κ1) is 14.5. The molecule has 1 aliphatic heterocycles. The molecule has 1 unspecified atom stereocenters. The molecule has 0 bridgehead atoms. The standard InChI is InChI=1S/C13H17ClN2O2S/c14-13-3-1-11(2-4-13)6-8-19(17,18)16-7-5-12(9-15)10-16/h1-4,6,8,12H,5,7,9-10,15H2. The van der Waals surface area contributed by atoms with Crippen molar-refractivity contribution in [1.29, 1.82) is 0 Å². The fraction of sp³-hybridized carbons (Fsp3) is 0.385. The minimum Gasteiger partial charge on any atom is -0.330 e. The Labute approximate surface area is 118 Å².